The third kappa shape index (κ3) is 9.41. The lowest BCUT2D eigenvalue weighted by Crippen LogP contribution is -2.41. The second kappa shape index (κ2) is 16.6. The summed E-state index contributed by atoms with van der Waals surface area (Å²) in [5.41, 5.74) is 1.17. The van der Waals surface area contributed by atoms with Gasteiger partial charge in [0.1, 0.15) is 12.7 Å². The van der Waals surface area contributed by atoms with E-state index in [1.165, 1.54) is 36.8 Å². The Balaban J connectivity index is 0.000000203. The van der Waals surface area contributed by atoms with Crippen LogP contribution in [-0.4, -0.2) is 62.3 Å². The van der Waals surface area contributed by atoms with E-state index in [1.54, 1.807) is 39.5 Å². The second-order valence-electron chi connectivity index (χ2n) is 13.1. The van der Waals surface area contributed by atoms with Crippen LogP contribution in [0, 0.1) is 5.92 Å². The summed E-state index contributed by atoms with van der Waals surface area (Å²) < 4.78 is 126. The van der Waals surface area contributed by atoms with Gasteiger partial charge in [0.15, 0.2) is 0 Å². The van der Waals surface area contributed by atoms with Gasteiger partial charge >= 0.3 is 24.5 Å². The standard InChI is InChI=1S/C23H19F6N3O.C18H13F3N2O2/c24-22(25,26)16-8-10-31(11-9-16)20(33)7-6-15-12-17(23(27,28)29)13-19-21(15)32(14-30-19)18-4-2-1-3-5-18;1-25-16(24)8-7-12-9-13(18(19,20)21)10-15-17(12)23(11-22-15)14-5-3-2-4-6-14/h1-7,12-14,16H,8-11H2;2-11H,1H3. The van der Waals surface area contributed by atoms with Gasteiger partial charge in [-0.1, -0.05) is 36.4 Å². The molecule has 0 radical (unpaired) electrons. The quantitative estimate of drug-likeness (QED) is 0.0951. The first-order chi connectivity index (χ1) is 27.4. The van der Waals surface area contributed by atoms with Gasteiger partial charge in [0, 0.05) is 47.7 Å². The molecule has 0 N–H and O–H groups in total. The predicted octanol–water partition coefficient (Wildman–Crippen LogP) is 10.1. The van der Waals surface area contributed by atoms with Gasteiger partial charge in [0.05, 0.1) is 46.2 Å². The smallest absolute Gasteiger partial charge is 0.416 e. The van der Waals surface area contributed by atoms with Crippen molar-refractivity contribution in [2.24, 2.45) is 5.92 Å². The Hall–Kier alpha value is -6.39. The number of halogens is 9. The Morgan fingerprint density at radius 2 is 1.09 bits per heavy atom. The Morgan fingerprint density at radius 3 is 1.48 bits per heavy atom. The zero-order valence-electron chi connectivity index (χ0n) is 30.3. The van der Waals surface area contributed by atoms with E-state index in [0.29, 0.717) is 16.7 Å². The lowest BCUT2D eigenvalue weighted by molar-refractivity contribution is -0.186. The minimum absolute atomic E-state index is 0.0622. The van der Waals surface area contributed by atoms with E-state index in [-0.39, 0.29) is 48.1 Å². The van der Waals surface area contributed by atoms with Crippen molar-refractivity contribution in [2.75, 3.05) is 20.2 Å². The number of aromatic nitrogens is 4. The number of piperidine rings is 1. The average Bonchev–Trinajstić information content (AvgIpc) is 3.84. The van der Waals surface area contributed by atoms with Crippen molar-refractivity contribution in [3.05, 3.63) is 132 Å². The molecule has 1 amide bonds. The van der Waals surface area contributed by atoms with Crippen molar-refractivity contribution in [3.63, 3.8) is 0 Å². The van der Waals surface area contributed by atoms with Crippen molar-refractivity contribution >= 4 is 46.1 Å². The van der Waals surface area contributed by atoms with Crippen molar-refractivity contribution in [3.8, 4) is 11.4 Å². The van der Waals surface area contributed by atoms with Crippen LogP contribution in [0.5, 0.6) is 0 Å². The number of esters is 1. The van der Waals surface area contributed by atoms with Gasteiger partial charge in [0.25, 0.3) is 0 Å². The number of benzene rings is 4. The molecule has 0 saturated carbocycles. The SMILES string of the molecule is COC(=O)C=Cc1cc(C(F)(F)F)cc2ncn(-c3ccccc3)c12.O=C(C=Cc1cc(C(F)(F)F)cc2ncn(-c3ccccc3)c12)N1CCC(C(F)(F)F)CC1. The van der Waals surface area contributed by atoms with Gasteiger partial charge in [-0.05, 0) is 73.5 Å². The van der Waals surface area contributed by atoms with Crippen LogP contribution in [-0.2, 0) is 26.7 Å². The van der Waals surface area contributed by atoms with E-state index in [4.69, 9.17) is 0 Å². The number of carbonyl (C=O) groups excluding carboxylic acids is 2. The van der Waals surface area contributed by atoms with Gasteiger partial charge in [-0.3, -0.25) is 13.9 Å². The number of hydrogen-bond donors (Lipinski definition) is 0. The predicted molar refractivity (Wildman–Crippen MR) is 198 cm³/mol. The van der Waals surface area contributed by atoms with Crippen LogP contribution >= 0.6 is 0 Å². The van der Waals surface area contributed by atoms with Crippen LogP contribution < -0.4 is 0 Å². The van der Waals surface area contributed by atoms with Crippen molar-refractivity contribution in [2.45, 2.75) is 31.4 Å². The van der Waals surface area contributed by atoms with Crippen LogP contribution in [0.1, 0.15) is 35.1 Å². The maximum absolute atomic E-state index is 13.4. The van der Waals surface area contributed by atoms with Gasteiger partial charge in [-0.15, -0.1) is 0 Å². The molecule has 0 aliphatic carbocycles. The van der Waals surface area contributed by atoms with E-state index in [0.717, 1.165) is 42.1 Å². The molecule has 8 nitrogen and oxygen atoms in total. The van der Waals surface area contributed by atoms with E-state index in [2.05, 4.69) is 14.7 Å². The molecule has 17 heteroatoms. The molecule has 1 aliphatic rings. The molecule has 6 aromatic rings. The van der Waals surface area contributed by atoms with Crippen LogP contribution in [0.4, 0.5) is 39.5 Å². The number of fused-ring (bicyclic) bond motifs is 2. The maximum Gasteiger partial charge on any atom is 0.416 e. The first-order valence-corrected chi connectivity index (χ1v) is 17.5. The highest BCUT2D eigenvalue weighted by Gasteiger charge is 2.41. The Labute approximate surface area is 324 Å². The molecule has 7 rings (SSSR count). The summed E-state index contributed by atoms with van der Waals surface area (Å²) in [5.74, 6) is -2.66. The van der Waals surface area contributed by atoms with Gasteiger partial charge in [0.2, 0.25) is 5.91 Å². The largest absolute Gasteiger partial charge is 0.466 e. The van der Waals surface area contributed by atoms with Gasteiger partial charge in [-0.25, -0.2) is 14.8 Å². The third-order valence-electron chi connectivity index (χ3n) is 9.34. The first-order valence-electron chi connectivity index (χ1n) is 17.5. The second-order valence-corrected chi connectivity index (χ2v) is 13.1. The van der Waals surface area contributed by atoms with Crippen LogP contribution in [0.2, 0.25) is 0 Å². The number of likely N-dealkylation sites (tertiary alicyclic amines) is 1. The molecular formula is C41H32F9N5O3. The van der Waals surface area contributed by atoms with Gasteiger partial charge in [-0.2, -0.15) is 39.5 Å². The Kier molecular flexibility index (Phi) is 11.8. The van der Waals surface area contributed by atoms with Crippen molar-refractivity contribution in [1.82, 2.24) is 24.0 Å². The number of rotatable bonds is 6. The zero-order chi connectivity index (χ0) is 41.8. The highest BCUT2D eigenvalue weighted by Crippen LogP contribution is 2.37. The van der Waals surface area contributed by atoms with E-state index in [1.807, 2.05) is 30.3 Å². The van der Waals surface area contributed by atoms with Crippen LogP contribution in [0.3, 0.4) is 0 Å². The molecule has 0 unspecified atom stereocenters. The van der Waals surface area contributed by atoms with Gasteiger partial charge < -0.3 is 9.64 Å². The minimum atomic E-state index is -4.61. The number of para-hydroxylation sites is 2. The number of ether oxygens (including phenoxy) is 1. The molecule has 1 aliphatic heterocycles. The normalized spacial score (nSPS) is 14.3. The highest BCUT2D eigenvalue weighted by molar-refractivity contribution is 5.96. The molecule has 302 valence electrons. The Morgan fingerprint density at radius 1 is 0.655 bits per heavy atom. The Bertz CT molecular complexity index is 2460. The molecule has 0 bridgehead atoms. The highest BCUT2D eigenvalue weighted by atomic mass is 19.4. The summed E-state index contributed by atoms with van der Waals surface area (Å²) in [5, 5.41) is 0. The fourth-order valence-corrected chi connectivity index (χ4v) is 6.43. The van der Waals surface area contributed by atoms with Crippen molar-refractivity contribution in [1.29, 1.82) is 0 Å². The number of alkyl halides is 9. The molecule has 58 heavy (non-hydrogen) atoms. The molecule has 1 fully saturated rings. The number of amides is 1. The van der Waals surface area contributed by atoms with E-state index >= 15 is 0 Å². The molecule has 2 aromatic heterocycles. The number of nitrogens with zero attached hydrogens (tertiary/aromatic N) is 5. The lowest BCUT2D eigenvalue weighted by Gasteiger charge is -2.32. The average molecular weight is 814 g/mol. The molecule has 0 atom stereocenters. The van der Waals surface area contributed by atoms with Crippen LogP contribution in [0.25, 0.3) is 45.6 Å². The minimum Gasteiger partial charge on any atom is -0.466 e. The summed E-state index contributed by atoms with van der Waals surface area (Å²) in [7, 11) is 1.20. The number of carbonyl (C=O) groups is 2. The summed E-state index contributed by atoms with van der Waals surface area (Å²) in [6.07, 6.45) is -6.23. The molecular weight excluding hydrogens is 781 g/mol. The van der Waals surface area contributed by atoms with E-state index < -0.39 is 47.5 Å². The fraction of sp³-hybridized carbons (Fsp3) is 0.220. The summed E-state index contributed by atoms with van der Waals surface area (Å²) >= 11 is 0. The molecule has 4 aromatic carbocycles. The maximum atomic E-state index is 13.4. The molecule has 1 saturated heterocycles. The summed E-state index contributed by atoms with van der Waals surface area (Å²) in [4.78, 5) is 33.4. The monoisotopic (exact) mass is 813 g/mol. The fourth-order valence-electron chi connectivity index (χ4n) is 6.43. The number of methoxy groups -OCH3 is 1. The van der Waals surface area contributed by atoms with E-state index in [9.17, 15) is 49.1 Å². The number of imidazole rings is 2. The molecule has 0 spiro atoms. The summed E-state index contributed by atoms with van der Waals surface area (Å²) in [6.45, 7) is -0.124. The van der Waals surface area contributed by atoms with Crippen molar-refractivity contribution < 1.29 is 53.8 Å². The molecule has 3 heterocycles. The number of hydrogen-bond acceptors (Lipinski definition) is 5. The lowest BCUT2D eigenvalue weighted by atomic mass is 9.96. The zero-order valence-corrected chi connectivity index (χ0v) is 30.3. The topological polar surface area (TPSA) is 82.2 Å². The first kappa shape index (κ1) is 41.2. The summed E-state index contributed by atoms with van der Waals surface area (Å²) in [6, 6.07) is 21.8. The van der Waals surface area contributed by atoms with Crippen LogP contribution in [0.15, 0.2) is 110 Å². The third-order valence-corrected chi connectivity index (χ3v) is 9.34.